The average Bonchev–Trinajstić information content (AvgIpc) is 2.18. The Morgan fingerprint density at radius 1 is 0.929 bits per heavy atom. The number of aliphatic hydroxyl groups excluding tert-OH is 4. The van der Waals surface area contributed by atoms with Gasteiger partial charge in [0.05, 0.1) is 26.4 Å². The van der Waals surface area contributed by atoms with Gasteiger partial charge in [-0.05, 0) is 6.42 Å². The Morgan fingerprint density at radius 3 is 1.21 bits per heavy atom. The third-order valence-electron chi connectivity index (χ3n) is 0.664. The second-order valence-electron chi connectivity index (χ2n) is 2.04. The SMILES string of the molecule is CCCC(=O)O.OCCO.OCCO. The maximum atomic E-state index is 9.60. The lowest BCUT2D eigenvalue weighted by atomic mass is 10.4. The van der Waals surface area contributed by atoms with Gasteiger partial charge in [-0.1, -0.05) is 6.92 Å². The molecule has 5 N–H and O–H groups in total. The van der Waals surface area contributed by atoms with E-state index in [1.54, 1.807) is 0 Å². The van der Waals surface area contributed by atoms with Gasteiger partial charge in [0.1, 0.15) is 0 Å². The summed E-state index contributed by atoms with van der Waals surface area (Å²) in [5.41, 5.74) is 0. The zero-order valence-corrected chi connectivity index (χ0v) is 8.39. The van der Waals surface area contributed by atoms with E-state index in [1.807, 2.05) is 6.92 Å². The number of carboxylic acids is 1. The van der Waals surface area contributed by atoms with E-state index in [0.29, 0.717) is 6.42 Å². The highest BCUT2D eigenvalue weighted by Gasteiger charge is 1.87. The van der Waals surface area contributed by atoms with E-state index in [1.165, 1.54) is 0 Å². The van der Waals surface area contributed by atoms with Gasteiger partial charge in [-0.15, -0.1) is 0 Å². The molecule has 0 unspecified atom stereocenters. The average molecular weight is 212 g/mol. The van der Waals surface area contributed by atoms with Crippen molar-refractivity contribution < 1.29 is 30.3 Å². The summed E-state index contributed by atoms with van der Waals surface area (Å²) in [6.45, 7) is 1.34. The third-order valence-corrected chi connectivity index (χ3v) is 0.664. The van der Waals surface area contributed by atoms with Crippen molar-refractivity contribution in [3.05, 3.63) is 0 Å². The minimum Gasteiger partial charge on any atom is -0.481 e. The van der Waals surface area contributed by atoms with E-state index in [0.717, 1.165) is 6.42 Å². The second-order valence-corrected chi connectivity index (χ2v) is 2.04. The summed E-state index contributed by atoms with van der Waals surface area (Å²) in [4.78, 5) is 9.60. The Labute approximate surface area is 83.4 Å². The van der Waals surface area contributed by atoms with Crippen LogP contribution in [-0.4, -0.2) is 57.9 Å². The molecule has 0 aromatic rings. The Morgan fingerprint density at radius 2 is 1.21 bits per heavy atom. The lowest BCUT2D eigenvalue weighted by Crippen LogP contribution is -1.90. The normalized spacial score (nSPS) is 7.79. The molecular formula is C8H20O6. The highest BCUT2D eigenvalue weighted by atomic mass is 16.4. The van der Waals surface area contributed by atoms with Crippen molar-refractivity contribution in [2.45, 2.75) is 19.8 Å². The van der Waals surface area contributed by atoms with Crippen molar-refractivity contribution in [3.63, 3.8) is 0 Å². The summed E-state index contributed by atoms with van der Waals surface area (Å²) in [5.74, 6) is -0.711. The molecule has 0 rings (SSSR count). The van der Waals surface area contributed by atoms with Crippen molar-refractivity contribution in [2.75, 3.05) is 26.4 Å². The van der Waals surface area contributed by atoms with Gasteiger partial charge in [-0.25, -0.2) is 0 Å². The van der Waals surface area contributed by atoms with Crippen LogP contribution < -0.4 is 0 Å². The van der Waals surface area contributed by atoms with E-state index < -0.39 is 5.97 Å². The largest absolute Gasteiger partial charge is 0.481 e. The smallest absolute Gasteiger partial charge is 0.303 e. The first-order valence-corrected chi connectivity index (χ1v) is 4.25. The minimum atomic E-state index is -0.711. The fourth-order valence-corrected chi connectivity index (χ4v) is 0.214. The Hall–Kier alpha value is -0.690. The fraction of sp³-hybridized carbons (Fsp3) is 0.875. The van der Waals surface area contributed by atoms with Crippen LogP contribution in [0.15, 0.2) is 0 Å². The lowest BCUT2D eigenvalue weighted by Gasteiger charge is -1.79. The quantitative estimate of drug-likeness (QED) is 0.400. The molecule has 0 fully saturated rings. The van der Waals surface area contributed by atoms with E-state index in [4.69, 9.17) is 25.5 Å². The van der Waals surface area contributed by atoms with E-state index in [-0.39, 0.29) is 26.4 Å². The van der Waals surface area contributed by atoms with Crippen LogP contribution in [0.4, 0.5) is 0 Å². The number of carbonyl (C=O) groups is 1. The zero-order chi connectivity index (χ0) is 11.8. The molecule has 14 heavy (non-hydrogen) atoms. The molecule has 0 aliphatic carbocycles. The van der Waals surface area contributed by atoms with Crippen molar-refractivity contribution >= 4 is 5.97 Å². The van der Waals surface area contributed by atoms with Crippen molar-refractivity contribution in [3.8, 4) is 0 Å². The number of aliphatic hydroxyl groups is 4. The Bertz CT molecular complexity index is 87.8. The van der Waals surface area contributed by atoms with E-state index >= 15 is 0 Å². The number of rotatable bonds is 4. The van der Waals surface area contributed by atoms with Crippen LogP contribution in [0.5, 0.6) is 0 Å². The number of carboxylic acid groups (broad SMARTS) is 1. The molecule has 0 aliphatic rings. The summed E-state index contributed by atoms with van der Waals surface area (Å²) in [6.07, 6.45) is 1.02. The van der Waals surface area contributed by atoms with Crippen LogP contribution >= 0.6 is 0 Å². The fourth-order valence-electron chi connectivity index (χ4n) is 0.214. The van der Waals surface area contributed by atoms with Crippen molar-refractivity contribution in [1.82, 2.24) is 0 Å². The Balaban J connectivity index is -0.000000135. The monoisotopic (exact) mass is 212 g/mol. The molecule has 0 saturated heterocycles. The first-order chi connectivity index (χ1) is 6.60. The van der Waals surface area contributed by atoms with Crippen molar-refractivity contribution in [1.29, 1.82) is 0 Å². The molecule has 0 radical (unpaired) electrons. The highest BCUT2D eigenvalue weighted by molar-refractivity contribution is 5.66. The third kappa shape index (κ3) is 64.7. The first-order valence-electron chi connectivity index (χ1n) is 4.25. The van der Waals surface area contributed by atoms with Gasteiger partial charge >= 0.3 is 5.97 Å². The summed E-state index contributed by atoms with van der Waals surface area (Å²) >= 11 is 0. The summed E-state index contributed by atoms with van der Waals surface area (Å²) in [7, 11) is 0. The zero-order valence-electron chi connectivity index (χ0n) is 8.39. The summed E-state index contributed by atoms with van der Waals surface area (Å²) < 4.78 is 0. The number of hydrogen-bond donors (Lipinski definition) is 5. The molecule has 0 spiro atoms. The molecule has 6 nitrogen and oxygen atoms in total. The first kappa shape index (κ1) is 19.0. The lowest BCUT2D eigenvalue weighted by molar-refractivity contribution is -0.137. The maximum absolute atomic E-state index is 9.60. The van der Waals surface area contributed by atoms with Crippen LogP contribution in [-0.2, 0) is 4.79 Å². The highest BCUT2D eigenvalue weighted by Crippen LogP contribution is 1.82. The predicted molar refractivity (Wildman–Crippen MR) is 50.9 cm³/mol. The van der Waals surface area contributed by atoms with Gasteiger partial charge < -0.3 is 25.5 Å². The molecule has 88 valence electrons. The van der Waals surface area contributed by atoms with Gasteiger partial charge in [-0.2, -0.15) is 0 Å². The van der Waals surface area contributed by atoms with Gasteiger partial charge in [0, 0.05) is 6.42 Å². The summed E-state index contributed by atoms with van der Waals surface area (Å²) in [5, 5.41) is 38.4. The molecule has 0 heterocycles. The molecule has 0 saturated carbocycles. The minimum absolute atomic E-state index is 0.125. The van der Waals surface area contributed by atoms with Gasteiger partial charge in [-0.3, -0.25) is 4.79 Å². The predicted octanol–water partition coefficient (Wildman–Crippen LogP) is -1.19. The van der Waals surface area contributed by atoms with Crippen LogP contribution in [0.2, 0.25) is 0 Å². The molecule has 0 bridgehead atoms. The van der Waals surface area contributed by atoms with E-state index in [9.17, 15) is 4.79 Å². The van der Waals surface area contributed by atoms with Gasteiger partial charge in [0.25, 0.3) is 0 Å². The molecule has 0 aromatic carbocycles. The molecule has 0 amide bonds. The van der Waals surface area contributed by atoms with Crippen LogP contribution in [0.1, 0.15) is 19.8 Å². The molecular weight excluding hydrogens is 192 g/mol. The van der Waals surface area contributed by atoms with Crippen LogP contribution in [0.3, 0.4) is 0 Å². The Kier molecular flexibility index (Phi) is 30.9. The van der Waals surface area contributed by atoms with E-state index in [2.05, 4.69) is 0 Å². The molecule has 0 aromatic heterocycles. The molecule has 0 atom stereocenters. The van der Waals surface area contributed by atoms with Gasteiger partial charge in [0.2, 0.25) is 0 Å². The summed E-state index contributed by atoms with van der Waals surface area (Å²) in [6, 6.07) is 0. The topological polar surface area (TPSA) is 118 Å². The number of aliphatic carboxylic acids is 1. The van der Waals surface area contributed by atoms with Crippen LogP contribution in [0.25, 0.3) is 0 Å². The molecule has 0 aliphatic heterocycles. The standard InChI is InChI=1S/C4H8O2.2C2H6O2/c1-2-3-4(5)6;2*3-1-2-4/h2-3H2,1H3,(H,5,6);2*3-4H,1-2H2. The van der Waals surface area contributed by atoms with Crippen molar-refractivity contribution in [2.24, 2.45) is 0 Å². The van der Waals surface area contributed by atoms with Crippen LogP contribution in [0, 0.1) is 0 Å². The molecule has 6 heteroatoms. The maximum Gasteiger partial charge on any atom is 0.303 e. The number of hydrogen-bond acceptors (Lipinski definition) is 5. The second kappa shape index (κ2) is 22.8. The van der Waals surface area contributed by atoms with Gasteiger partial charge in [0.15, 0.2) is 0 Å².